The molecule has 1 aliphatic heterocycles. The van der Waals surface area contributed by atoms with Crippen molar-refractivity contribution < 1.29 is 19.4 Å². The van der Waals surface area contributed by atoms with Crippen molar-refractivity contribution >= 4 is 27.8 Å². The number of halogens is 1. The van der Waals surface area contributed by atoms with E-state index in [1.807, 2.05) is 24.3 Å². The number of carboxylic acid groups (broad SMARTS) is 1. The molecule has 6 heteroatoms. The molecule has 1 heterocycles. The van der Waals surface area contributed by atoms with Crippen molar-refractivity contribution in [2.24, 2.45) is 5.41 Å². The predicted octanol–water partition coefficient (Wildman–Crippen LogP) is 2.72. The molecule has 1 unspecified atom stereocenters. The number of aliphatic carboxylic acids is 1. The number of piperidine rings is 1. The van der Waals surface area contributed by atoms with E-state index >= 15 is 0 Å². The number of hydrogen-bond acceptors (Lipinski definition) is 3. The number of carboxylic acids is 1. The average molecular weight is 384 g/mol. The lowest BCUT2D eigenvalue weighted by Gasteiger charge is -2.39. The molecule has 5 nitrogen and oxygen atoms in total. The number of nitrogens with zero attached hydrogens (tertiary/aromatic N) is 1. The topological polar surface area (TPSA) is 66.8 Å². The molecule has 0 saturated carbocycles. The fraction of sp³-hybridized carbons (Fsp3) is 0.529. The number of carbonyl (C=O) groups is 2. The minimum atomic E-state index is -0.976. The maximum atomic E-state index is 12.5. The molecule has 1 aromatic carbocycles. The summed E-state index contributed by atoms with van der Waals surface area (Å²) in [5.41, 5.74) is 0.106. The van der Waals surface area contributed by atoms with Crippen LogP contribution in [0.3, 0.4) is 0 Å². The fourth-order valence-corrected chi connectivity index (χ4v) is 3.56. The summed E-state index contributed by atoms with van der Waals surface area (Å²) in [5, 5.41) is 9.54. The number of likely N-dealkylation sites (tertiary alicyclic amines) is 1. The van der Waals surface area contributed by atoms with E-state index in [1.54, 1.807) is 4.90 Å². The van der Waals surface area contributed by atoms with Gasteiger partial charge >= 0.3 is 5.97 Å². The Kier molecular flexibility index (Phi) is 6.18. The van der Waals surface area contributed by atoms with Crippen LogP contribution in [0.1, 0.15) is 24.8 Å². The van der Waals surface area contributed by atoms with Crippen LogP contribution in [-0.2, 0) is 20.7 Å². The zero-order valence-electron chi connectivity index (χ0n) is 13.3. The summed E-state index contributed by atoms with van der Waals surface area (Å²) in [6.45, 7) is 0.981. The Morgan fingerprint density at radius 3 is 2.78 bits per heavy atom. The van der Waals surface area contributed by atoms with E-state index in [9.17, 15) is 14.7 Å². The van der Waals surface area contributed by atoms with Gasteiger partial charge in [-0.1, -0.05) is 34.1 Å². The lowest BCUT2D eigenvalue weighted by Crippen LogP contribution is -2.52. The van der Waals surface area contributed by atoms with E-state index in [-0.39, 0.29) is 19.1 Å². The summed E-state index contributed by atoms with van der Waals surface area (Å²) >= 11 is 3.48. The van der Waals surface area contributed by atoms with Gasteiger partial charge in [0.05, 0.1) is 6.61 Å². The van der Waals surface area contributed by atoms with Crippen molar-refractivity contribution in [2.75, 3.05) is 26.8 Å². The van der Waals surface area contributed by atoms with Crippen LogP contribution < -0.4 is 0 Å². The third-order valence-corrected chi connectivity index (χ3v) is 5.14. The molecule has 0 aliphatic carbocycles. The molecule has 0 aromatic heterocycles. The predicted molar refractivity (Wildman–Crippen MR) is 90.2 cm³/mol. The summed E-state index contributed by atoms with van der Waals surface area (Å²) in [4.78, 5) is 25.8. The van der Waals surface area contributed by atoms with Crippen molar-refractivity contribution in [3.63, 3.8) is 0 Å². The number of benzene rings is 1. The second-order valence-corrected chi connectivity index (χ2v) is 6.88. The summed E-state index contributed by atoms with van der Waals surface area (Å²) in [5.74, 6) is -0.884. The summed E-state index contributed by atoms with van der Waals surface area (Å²) in [6.07, 6.45) is 2.26. The zero-order chi connectivity index (χ0) is 16.9. The number of ether oxygens (including phenoxy) is 1. The van der Waals surface area contributed by atoms with Crippen LogP contribution in [0.5, 0.6) is 0 Å². The van der Waals surface area contributed by atoms with Crippen molar-refractivity contribution in [3.8, 4) is 0 Å². The third kappa shape index (κ3) is 4.32. The Labute approximate surface area is 144 Å². The Balaban J connectivity index is 1.99. The van der Waals surface area contributed by atoms with Crippen LogP contribution in [0.15, 0.2) is 28.7 Å². The van der Waals surface area contributed by atoms with Gasteiger partial charge in [-0.2, -0.15) is 0 Å². The average Bonchev–Trinajstić information content (AvgIpc) is 2.54. The van der Waals surface area contributed by atoms with Crippen LogP contribution in [0.4, 0.5) is 0 Å². The van der Waals surface area contributed by atoms with E-state index in [1.165, 1.54) is 7.11 Å². The van der Waals surface area contributed by atoms with Crippen molar-refractivity contribution in [1.29, 1.82) is 0 Å². The highest BCUT2D eigenvalue weighted by Gasteiger charge is 2.43. The molecular formula is C17H22BrNO4. The molecule has 1 aliphatic rings. The highest BCUT2D eigenvalue weighted by Crippen LogP contribution is 2.31. The van der Waals surface area contributed by atoms with Gasteiger partial charge in [-0.15, -0.1) is 0 Å². The monoisotopic (exact) mass is 383 g/mol. The molecule has 1 saturated heterocycles. The minimum Gasteiger partial charge on any atom is -0.481 e. The largest absolute Gasteiger partial charge is 0.481 e. The normalized spacial score (nSPS) is 21.2. The number of amides is 1. The van der Waals surface area contributed by atoms with E-state index in [4.69, 9.17) is 4.74 Å². The molecule has 126 valence electrons. The highest BCUT2D eigenvalue weighted by molar-refractivity contribution is 9.10. The van der Waals surface area contributed by atoms with Crippen LogP contribution >= 0.6 is 15.9 Å². The highest BCUT2D eigenvalue weighted by atomic mass is 79.9. The summed E-state index contributed by atoms with van der Waals surface area (Å²) in [7, 11) is 1.50. The van der Waals surface area contributed by atoms with Crippen LogP contribution in [0.25, 0.3) is 0 Å². The van der Waals surface area contributed by atoms with Crippen LogP contribution in [0, 0.1) is 5.41 Å². The van der Waals surface area contributed by atoms with Crippen molar-refractivity contribution in [2.45, 2.75) is 25.7 Å². The summed E-state index contributed by atoms with van der Waals surface area (Å²) in [6, 6.07) is 7.82. The van der Waals surface area contributed by atoms with Gasteiger partial charge in [0.15, 0.2) is 0 Å². The van der Waals surface area contributed by atoms with Crippen molar-refractivity contribution in [1.82, 2.24) is 4.90 Å². The second-order valence-electron chi connectivity index (χ2n) is 6.03. The quantitative estimate of drug-likeness (QED) is 0.819. The first kappa shape index (κ1) is 17.9. The molecule has 23 heavy (non-hydrogen) atoms. The first-order valence-corrected chi connectivity index (χ1v) is 8.51. The van der Waals surface area contributed by atoms with Crippen LogP contribution in [0.2, 0.25) is 0 Å². The Hall–Kier alpha value is -1.40. The molecule has 1 fully saturated rings. The zero-order valence-corrected chi connectivity index (χ0v) is 14.8. The minimum absolute atomic E-state index is 0.00202. The van der Waals surface area contributed by atoms with E-state index in [0.29, 0.717) is 32.2 Å². The van der Waals surface area contributed by atoms with Gasteiger partial charge in [-0.25, -0.2) is 0 Å². The molecule has 0 bridgehead atoms. The first-order valence-electron chi connectivity index (χ1n) is 7.72. The number of aryl methyl sites for hydroxylation is 1. The lowest BCUT2D eigenvalue weighted by atomic mass is 9.80. The molecule has 1 amide bonds. The van der Waals surface area contributed by atoms with Gasteiger partial charge in [0.2, 0.25) is 5.91 Å². The SMILES string of the molecule is COCC1(C(=O)O)CCCN(C(=O)CCc2ccccc2Br)C1. The smallest absolute Gasteiger partial charge is 0.313 e. The molecule has 1 N–H and O–H groups in total. The molecule has 0 spiro atoms. The van der Waals surface area contributed by atoms with Gasteiger partial charge in [-0.3, -0.25) is 9.59 Å². The molecule has 1 aromatic rings. The number of hydrogen-bond donors (Lipinski definition) is 1. The molecule has 1 atom stereocenters. The van der Waals surface area contributed by atoms with Gasteiger partial charge in [-0.05, 0) is 30.9 Å². The lowest BCUT2D eigenvalue weighted by molar-refractivity contribution is -0.159. The van der Waals surface area contributed by atoms with Gasteiger partial charge in [0, 0.05) is 31.1 Å². The summed E-state index contributed by atoms with van der Waals surface area (Å²) < 4.78 is 6.09. The number of methoxy groups -OCH3 is 1. The van der Waals surface area contributed by atoms with E-state index in [2.05, 4.69) is 15.9 Å². The molecule has 2 rings (SSSR count). The Morgan fingerprint density at radius 1 is 1.39 bits per heavy atom. The molecule has 0 radical (unpaired) electrons. The van der Waals surface area contributed by atoms with Gasteiger partial charge < -0.3 is 14.7 Å². The number of rotatable bonds is 6. The second kappa shape index (κ2) is 7.93. The number of carbonyl (C=O) groups excluding carboxylic acids is 1. The molecular weight excluding hydrogens is 362 g/mol. The van der Waals surface area contributed by atoms with Crippen LogP contribution in [-0.4, -0.2) is 48.7 Å². The third-order valence-electron chi connectivity index (χ3n) is 4.37. The maximum Gasteiger partial charge on any atom is 0.313 e. The Morgan fingerprint density at radius 2 is 2.13 bits per heavy atom. The Bertz CT molecular complexity index is 573. The standard InChI is InChI=1S/C17H22BrNO4/c1-23-12-17(16(21)22)9-4-10-19(11-17)15(20)8-7-13-5-2-3-6-14(13)18/h2-3,5-6H,4,7-12H2,1H3,(H,21,22). The maximum absolute atomic E-state index is 12.5. The first-order chi connectivity index (χ1) is 11.0. The van der Waals surface area contributed by atoms with Gasteiger partial charge in [0.25, 0.3) is 0 Å². The van der Waals surface area contributed by atoms with E-state index in [0.717, 1.165) is 10.0 Å². The fourth-order valence-electron chi connectivity index (χ4n) is 3.08. The van der Waals surface area contributed by atoms with E-state index < -0.39 is 11.4 Å². The van der Waals surface area contributed by atoms with Gasteiger partial charge in [0.1, 0.15) is 5.41 Å². The van der Waals surface area contributed by atoms with Crippen molar-refractivity contribution in [3.05, 3.63) is 34.3 Å².